The molecule has 2 fully saturated rings. The normalized spacial score (nSPS) is 27.0. The molecule has 2 saturated carbocycles. The summed E-state index contributed by atoms with van der Waals surface area (Å²) in [7, 11) is 0. The van der Waals surface area contributed by atoms with Crippen molar-refractivity contribution in [2.45, 2.75) is 156 Å². The highest BCUT2D eigenvalue weighted by molar-refractivity contribution is 7.98. The Kier molecular flexibility index (Phi) is 18.9. The van der Waals surface area contributed by atoms with Gasteiger partial charge in [-0.25, -0.2) is 0 Å². The predicted octanol–water partition coefficient (Wildman–Crippen LogP) is 12.4. The zero-order valence-electron chi connectivity index (χ0n) is 28.3. The molecule has 8 heteroatoms. The van der Waals surface area contributed by atoms with Crippen LogP contribution >= 0.6 is 11.8 Å². The number of halogens is 5. The lowest BCUT2D eigenvalue weighted by Crippen LogP contribution is -2.36. The minimum Gasteiger partial charge on any atom is -0.508 e. The Morgan fingerprint density at radius 1 is 0.932 bits per heavy atom. The molecular formula is C36H61F5O2S. The molecule has 0 saturated heterocycles. The third kappa shape index (κ3) is 13.8. The molecule has 5 atom stereocenters. The molecular weight excluding hydrogens is 591 g/mol. The van der Waals surface area contributed by atoms with Crippen molar-refractivity contribution in [2.24, 2.45) is 23.2 Å². The summed E-state index contributed by atoms with van der Waals surface area (Å²) in [5.41, 5.74) is 2.88. The van der Waals surface area contributed by atoms with Gasteiger partial charge in [-0.1, -0.05) is 85.6 Å². The lowest BCUT2D eigenvalue weighted by Gasteiger charge is -2.37. The van der Waals surface area contributed by atoms with Gasteiger partial charge in [-0.3, -0.25) is 0 Å². The van der Waals surface area contributed by atoms with Gasteiger partial charge in [0, 0.05) is 6.42 Å². The first-order chi connectivity index (χ1) is 20.6. The highest BCUT2D eigenvalue weighted by Gasteiger charge is 2.56. The summed E-state index contributed by atoms with van der Waals surface area (Å²) < 4.78 is 58.8. The number of hydrogen-bond acceptors (Lipinski definition) is 3. The maximum absolute atomic E-state index is 12.1. The van der Waals surface area contributed by atoms with Crippen LogP contribution in [0, 0.1) is 23.2 Å². The van der Waals surface area contributed by atoms with Crippen molar-refractivity contribution in [1.29, 1.82) is 0 Å². The van der Waals surface area contributed by atoms with Crippen molar-refractivity contribution < 1.29 is 32.2 Å². The van der Waals surface area contributed by atoms with Gasteiger partial charge in [-0.2, -0.15) is 33.7 Å². The van der Waals surface area contributed by atoms with Gasteiger partial charge in [0.2, 0.25) is 0 Å². The molecule has 2 unspecified atom stereocenters. The molecule has 258 valence electrons. The quantitative estimate of drug-likeness (QED) is 0.154. The van der Waals surface area contributed by atoms with E-state index in [9.17, 15) is 32.2 Å². The zero-order chi connectivity index (χ0) is 33.4. The van der Waals surface area contributed by atoms with Crippen LogP contribution in [-0.4, -0.2) is 40.4 Å². The molecule has 0 aromatic rings. The van der Waals surface area contributed by atoms with Crippen LogP contribution in [0.25, 0.3) is 0 Å². The molecule has 3 aliphatic carbocycles. The van der Waals surface area contributed by atoms with E-state index in [1.165, 1.54) is 74.3 Å². The van der Waals surface area contributed by atoms with Gasteiger partial charge in [0.25, 0.3) is 0 Å². The Morgan fingerprint density at radius 3 is 2.07 bits per heavy atom. The molecule has 0 amide bonds. The van der Waals surface area contributed by atoms with Gasteiger partial charge >= 0.3 is 12.1 Å². The van der Waals surface area contributed by atoms with Crippen LogP contribution < -0.4 is 0 Å². The highest BCUT2D eigenvalue weighted by atomic mass is 32.2. The predicted molar refractivity (Wildman–Crippen MR) is 177 cm³/mol. The number of rotatable bonds is 13. The van der Waals surface area contributed by atoms with Gasteiger partial charge in [-0.05, 0) is 110 Å². The van der Waals surface area contributed by atoms with Gasteiger partial charge < -0.3 is 10.2 Å². The van der Waals surface area contributed by atoms with Crippen LogP contribution in [-0.2, 0) is 0 Å². The van der Waals surface area contributed by atoms with E-state index >= 15 is 0 Å². The standard InChI is InChI=1S/C21H32O2.C9H20.C6H9F5S/c1-14-11-16(9-10-21(3)15(2)7-8-20(21)23)19-6-4-5-18(22)13-17(19)12-14;1-3-5-7-9-8-6-4-2;1-12-4-2-3-5(7,8)6(9,10)11/h5-6,13-16,20,22-23H,4,7-12H2,1-3H3;3-9H2,1-2H3;2-4H2,1H3/t14-,15?,16?,20-,21-;;/m0../s1. The molecule has 2 nitrogen and oxygen atoms in total. The number of unbranched alkanes of at least 4 members (excludes halogenated alkanes) is 6. The molecule has 2 N–H and O–H groups in total. The number of aliphatic hydroxyl groups excluding tert-OH is 2. The van der Waals surface area contributed by atoms with E-state index in [0.717, 1.165) is 38.5 Å². The highest BCUT2D eigenvalue weighted by Crippen LogP contribution is 2.49. The molecule has 0 spiro atoms. The Labute approximate surface area is 269 Å². The third-order valence-corrected chi connectivity index (χ3v) is 10.5. The van der Waals surface area contributed by atoms with Crippen molar-refractivity contribution in [2.75, 3.05) is 12.0 Å². The van der Waals surface area contributed by atoms with E-state index < -0.39 is 18.5 Å². The lowest BCUT2D eigenvalue weighted by molar-refractivity contribution is -0.284. The molecule has 0 bridgehead atoms. The van der Waals surface area contributed by atoms with E-state index in [2.05, 4.69) is 40.7 Å². The second-order valence-electron chi connectivity index (χ2n) is 13.5. The number of hydrogen-bond donors (Lipinski definition) is 2. The monoisotopic (exact) mass is 652 g/mol. The molecule has 0 heterocycles. The maximum Gasteiger partial charge on any atom is 0.453 e. The number of aliphatic hydroxyl groups is 2. The summed E-state index contributed by atoms with van der Waals surface area (Å²) in [5.74, 6) is -1.91. The molecule has 44 heavy (non-hydrogen) atoms. The average molecular weight is 653 g/mol. The Hall–Kier alpha value is -1.02. The minimum atomic E-state index is -5.40. The molecule has 0 aromatic carbocycles. The van der Waals surface area contributed by atoms with Crippen molar-refractivity contribution in [3.63, 3.8) is 0 Å². The summed E-state index contributed by atoms with van der Waals surface area (Å²) in [6.45, 7) is 11.4. The Bertz CT molecular complexity index is 879. The largest absolute Gasteiger partial charge is 0.508 e. The fourth-order valence-electron chi connectivity index (χ4n) is 6.61. The summed E-state index contributed by atoms with van der Waals surface area (Å²) in [5, 5.41) is 20.4. The molecule has 0 radical (unpaired) electrons. The van der Waals surface area contributed by atoms with E-state index in [0.29, 0.717) is 29.3 Å². The second kappa shape index (κ2) is 20.3. The van der Waals surface area contributed by atoms with Crippen LogP contribution in [0.4, 0.5) is 22.0 Å². The van der Waals surface area contributed by atoms with E-state index in [-0.39, 0.29) is 17.9 Å². The first-order valence-electron chi connectivity index (χ1n) is 17.0. The summed E-state index contributed by atoms with van der Waals surface area (Å²) in [6.07, 6.45) is 18.6. The van der Waals surface area contributed by atoms with Crippen molar-refractivity contribution in [3.8, 4) is 0 Å². The fraction of sp³-hybridized carbons (Fsp3) is 0.833. The first-order valence-corrected chi connectivity index (χ1v) is 18.4. The maximum atomic E-state index is 12.1. The summed E-state index contributed by atoms with van der Waals surface area (Å²) in [6, 6.07) is 0. The average Bonchev–Trinajstić information content (AvgIpc) is 3.08. The van der Waals surface area contributed by atoms with E-state index in [1.807, 2.05) is 12.2 Å². The number of alkyl halides is 5. The number of fused-ring (bicyclic) bond motifs is 1. The number of allylic oxidation sites excluding steroid dienone is 5. The van der Waals surface area contributed by atoms with Crippen LogP contribution in [0.5, 0.6) is 0 Å². The van der Waals surface area contributed by atoms with E-state index in [4.69, 9.17) is 0 Å². The van der Waals surface area contributed by atoms with Gasteiger partial charge in [-0.15, -0.1) is 0 Å². The lowest BCUT2D eigenvalue weighted by atomic mass is 9.69. The van der Waals surface area contributed by atoms with Crippen LogP contribution in [0.2, 0.25) is 0 Å². The smallest absolute Gasteiger partial charge is 0.453 e. The molecule has 0 aromatic heterocycles. The zero-order valence-corrected chi connectivity index (χ0v) is 29.1. The molecule has 3 aliphatic rings. The summed E-state index contributed by atoms with van der Waals surface area (Å²) in [4.78, 5) is 0. The van der Waals surface area contributed by atoms with Gasteiger partial charge in [0.15, 0.2) is 0 Å². The van der Waals surface area contributed by atoms with Gasteiger partial charge in [0.1, 0.15) is 5.76 Å². The SMILES string of the molecule is CC1CC[C@H](O)[C@@]1(C)CCC1C[C@H](C)CC2=CC(O)=CCC=C21.CCCCCCCCC.CSCCCC(F)(F)C(F)(F)F. The Balaban J connectivity index is 0.000000388. The first kappa shape index (κ1) is 41.0. The second-order valence-corrected chi connectivity index (χ2v) is 14.5. The molecule has 3 rings (SSSR count). The number of thioether (sulfide) groups is 1. The topological polar surface area (TPSA) is 40.5 Å². The van der Waals surface area contributed by atoms with Crippen LogP contribution in [0.1, 0.15) is 137 Å². The molecule has 0 aliphatic heterocycles. The van der Waals surface area contributed by atoms with Crippen molar-refractivity contribution >= 4 is 11.8 Å². The van der Waals surface area contributed by atoms with Crippen molar-refractivity contribution in [3.05, 3.63) is 35.1 Å². The van der Waals surface area contributed by atoms with Crippen LogP contribution in [0.3, 0.4) is 0 Å². The van der Waals surface area contributed by atoms with Gasteiger partial charge in [0.05, 0.1) is 6.10 Å². The fourth-order valence-corrected chi connectivity index (χ4v) is 7.05. The summed E-state index contributed by atoms with van der Waals surface area (Å²) >= 11 is 1.25. The Morgan fingerprint density at radius 2 is 1.55 bits per heavy atom. The van der Waals surface area contributed by atoms with E-state index in [1.54, 1.807) is 6.26 Å². The minimum absolute atomic E-state index is 0.0796. The van der Waals surface area contributed by atoms with Crippen molar-refractivity contribution in [1.82, 2.24) is 0 Å². The third-order valence-electron chi connectivity index (χ3n) is 9.81. The van der Waals surface area contributed by atoms with Crippen LogP contribution in [0.15, 0.2) is 35.1 Å².